The standard InChI is InChI=1S/C10H15N3.C8H11NO/c1-8-6-12-7-9-4-2-3-5-10(9)13(8)11;1-10-8-5-3-2-4-7(8)6-9/h2-5,8,12H,6-7,11H2,1H3;2-5H,6,9H2,1H3. The molecule has 0 spiro atoms. The Bertz CT molecular complexity index is 594. The van der Waals surface area contributed by atoms with Crippen molar-refractivity contribution in [2.45, 2.75) is 26.1 Å². The highest BCUT2D eigenvalue weighted by Crippen LogP contribution is 2.21. The maximum atomic E-state index is 5.98. The Labute approximate surface area is 138 Å². The summed E-state index contributed by atoms with van der Waals surface area (Å²) in [4.78, 5) is 0. The monoisotopic (exact) mass is 314 g/mol. The summed E-state index contributed by atoms with van der Waals surface area (Å²) in [6.45, 7) is 4.50. The van der Waals surface area contributed by atoms with E-state index in [-0.39, 0.29) is 0 Å². The molecule has 5 nitrogen and oxygen atoms in total. The first-order chi connectivity index (χ1) is 11.2. The summed E-state index contributed by atoms with van der Waals surface area (Å²) in [5.74, 6) is 6.85. The number of anilines is 1. The molecule has 1 atom stereocenters. The zero-order valence-electron chi connectivity index (χ0n) is 13.8. The van der Waals surface area contributed by atoms with Gasteiger partial charge in [-0.05, 0) is 24.6 Å². The zero-order valence-corrected chi connectivity index (χ0v) is 13.8. The maximum Gasteiger partial charge on any atom is 0.123 e. The summed E-state index contributed by atoms with van der Waals surface area (Å²) in [6.07, 6.45) is 0. The first-order valence-electron chi connectivity index (χ1n) is 7.82. The highest BCUT2D eigenvalue weighted by molar-refractivity contribution is 5.53. The summed E-state index contributed by atoms with van der Waals surface area (Å²) in [5, 5.41) is 5.20. The van der Waals surface area contributed by atoms with Gasteiger partial charge in [-0.2, -0.15) is 0 Å². The average Bonchev–Trinajstić information content (AvgIpc) is 2.75. The summed E-state index contributed by atoms with van der Waals surface area (Å²) < 4.78 is 5.06. The number of hydrazine groups is 1. The minimum atomic E-state index is 0.351. The van der Waals surface area contributed by atoms with Crippen molar-refractivity contribution in [2.24, 2.45) is 11.6 Å². The first-order valence-corrected chi connectivity index (χ1v) is 7.82. The van der Waals surface area contributed by atoms with Crippen LogP contribution in [0.3, 0.4) is 0 Å². The molecular weight excluding hydrogens is 288 g/mol. The number of para-hydroxylation sites is 2. The molecule has 0 amide bonds. The predicted molar refractivity (Wildman–Crippen MR) is 95.2 cm³/mol. The molecule has 1 aliphatic heterocycles. The number of nitrogens with one attached hydrogen (secondary N) is 1. The molecule has 0 aliphatic carbocycles. The molecule has 2 aromatic rings. The molecule has 0 saturated heterocycles. The van der Waals surface area contributed by atoms with Gasteiger partial charge in [-0.3, -0.25) is 0 Å². The highest BCUT2D eigenvalue weighted by atomic mass is 16.5. The van der Waals surface area contributed by atoms with Crippen molar-refractivity contribution < 1.29 is 4.74 Å². The fraction of sp³-hybridized carbons (Fsp3) is 0.333. The number of benzene rings is 2. The molecule has 0 bridgehead atoms. The number of fused-ring (bicyclic) bond motifs is 1. The Morgan fingerprint density at radius 1 is 1.17 bits per heavy atom. The van der Waals surface area contributed by atoms with Crippen molar-refractivity contribution in [1.82, 2.24) is 5.32 Å². The van der Waals surface area contributed by atoms with Crippen LogP contribution >= 0.6 is 0 Å². The molecule has 1 aliphatic rings. The molecule has 2 aromatic carbocycles. The van der Waals surface area contributed by atoms with Gasteiger partial charge in [-0.15, -0.1) is 0 Å². The molecular formula is C18H26N4O. The van der Waals surface area contributed by atoms with Crippen LogP contribution in [0.15, 0.2) is 48.5 Å². The van der Waals surface area contributed by atoms with Gasteiger partial charge < -0.3 is 20.8 Å². The first kappa shape index (κ1) is 17.3. The normalized spacial score (nSPS) is 16.7. The van der Waals surface area contributed by atoms with Crippen LogP contribution in [-0.4, -0.2) is 19.7 Å². The average molecular weight is 314 g/mol. The van der Waals surface area contributed by atoms with Crippen molar-refractivity contribution >= 4 is 5.69 Å². The van der Waals surface area contributed by atoms with E-state index in [0.717, 1.165) is 30.1 Å². The van der Waals surface area contributed by atoms with E-state index in [9.17, 15) is 0 Å². The quantitative estimate of drug-likeness (QED) is 0.739. The lowest BCUT2D eigenvalue weighted by atomic mass is 10.1. The molecule has 5 heteroatoms. The van der Waals surface area contributed by atoms with Gasteiger partial charge >= 0.3 is 0 Å². The zero-order chi connectivity index (χ0) is 16.7. The van der Waals surface area contributed by atoms with Gasteiger partial charge in [-0.1, -0.05) is 36.4 Å². The predicted octanol–water partition coefficient (Wildman–Crippen LogP) is 2.01. The Balaban J connectivity index is 0.000000174. The summed E-state index contributed by atoms with van der Waals surface area (Å²) in [5.41, 5.74) is 8.90. The largest absolute Gasteiger partial charge is 0.496 e. The third-order valence-corrected chi connectivity index (χ3v) is 3.91. The van der Waals surface area contributed by atoms with Gasteiger partial charge in [0, 0.05) is 25.2 Å². The van der Waals surface area contributed by atoms with Crippen LogP contribution in [0, 0.1) is 0 Å². The molecule has 5 N–H and O–H groups in total. The van der Waals surface area contributed by atoms with Gasteiger partial charge in [-0.25, -0.2) is 5.84 Å². The van der Waals surface area contributed by atoms with Crippen LogP contribution in [-0.2, 0) is 13.1 Å². The van der Waals surface area contributed by atoms with Gasteiger partial charge in [0.1, 0.15) is 5.75 Å². The molecule has 0 fully saturated rings. The fourth-order valence-electron chi connectivity index (χ4n) is 2.54. The van der Waals surface area contributed by atoms with Crippen LogP contribution in [0.4, 0.5) is 5.69 Å². The Morgan fingerprint density at radius 3 is 2.57 bits per heavy atom. The highest BCUT2D eigenvalue weighted by Gasteiger charge is 2.16. The minimum absolute atomic E-state index is 0.351. The molecule has 0 saturated carbocycles. The number of rotatable bonds is 2. The molecule has 0 radical (unpaired) electrons. The lowest BCUT2D eigenvalue weighted by Gasteiger charge is -2.24. The van der Waals surface area contributed by atoms with Gasteiger partial charge in [0.25, 0.3) is 0 Å². The lowest BCUT2D eigenvalue weighted by molar-refractivity contribution is 0.410. The Morgan fingerprint density at radius 2 is 1.87 bits per heavy atom. The number of methoxy groups -OCH3 is 1. The molecule has 3 rings (SSSR count). The topological polar surface area (TPSA) is 76.5 Å². The Kier molecular flexibility index (Phi) is 6.40. The third-order valence-electron chi connectivity index (χ3n) is 3.91. The lowest BCUT2D eigenvalue weighted by Crippen LogP contribution is -2.43. The van der Waals surface area contributed by atoms with E-state index in [1.54, 1.807) is 7.11 Å². The van der Waals surface area contributed by atoms with Crippen molar-refractivity contribution in [1.29, 1.82) is 0 Å². The number of hydrogen-bond acceptors (Lipinski definition) is 5. The second-order valence-electron chi connectivity index (χ2n) is 5.53. The SMILES string of the molecule is CC1CNCc2ccccc2N1N.COc1ccccc1CN. The number of nitrogens with zero attached hydrogens (tertiary/aromatic N) is 1. The van der Waals surface area contributed by atoms with E-state index in [1.807, 2.05) is 41.4 Å². The van der Waals surface area contributed by atoms with Gasteiger partial charge in [0.05, 0.1) is 18.8 Å². The number of nitrogens with two attached hydrogens (primary N) is 2. The van der Waals surface area contributed by atoms with Crippen molar-refractivity contribution in [3.8, 4) is 5.75 Å². The van der Waals surface area contributed by atoms with Crippen LogP contribution in [0.1, 0.15) is 18.1 Å². The van der Waals surface area contributed by atoms with E-state index in [2.05, 4.69) is 24.4 Å². The third kappa shape index (κ3) is 4.45. The molecule has 0 aromatic heterocycles. The van der Waals surface area contributed by atoms with Crippen molar-refractivity contribution in [2.75, 3.05) is 18.7 Å². The summed E-state index contributed by atoms with van der Waals surface area (Å²) in [6, 6.07) is 16.3. The maximum absolute atomic E-state index is 5.98. The van der Waals surface area contributed by atoms with Crippen molar-refractivity contribution in [3.63, 3.8) is 0 Å². The van der Waals surface area contributed by atoms with E-state index in [4.69, 9.17) is 16.3 Å². The van der Waals surface area contributed by atoms with Crippen LogP contribution in [0.25, 0.3) is 0 Å². The second-order valence-corrected chi connectivity index (χ2v) is 5.53. The number of ether oxygens (including phenoxy) is 1. The fourth-order valence-corrected chi connectivity index (χ4v) is 2.54. The van der Waals surface area contributed by atoms with Gasteiger partial charge in [0.15, 0.2) is 0 Å². The molecule has 124 valence electrons. The molecule has 23 heavy (non-hydrogen) atoms. The van der Waals surface area contributed by atoms with E-state index in [1.165, 1.54) is 5.56 Å². The van der Waals surface area contributed by atoms with Gasteiger partial charge in [0.2, 0.25) is 0 Å². The summed E-state index contributed by atoms with van der Waals surface area (Å²) >= 11 is 0. The van der Waals surface area contributed by atoms with Crippen LogP contribution in [0.2, 0.25) is 0 Å². The summed E-state index contributed by atoms with van der Waals surface area (Å²) in [7, 11) is 1.65. The van der Waals surface area contributed by atoms with E-state index >= 15 is 0 Å². The van der Waals surface area contributed by atoms with Crippen LogP contribution in [0.5, 0.6) is 5.75 Å². The second kappa shape index (κ2) is 8.53. The van der Waals surface area contributed by atoms with Crippen LogP contribution < -0.4 is 26.6 Å². The molecule has 1 unspecified atom stereocenters. The molecule has 1 heterocycles. The van der Waals surface area contributed by atoms with Crippen molar-refractivity contribution in [3.05, 3.63) is 59.7 Å². The smallest absolute Gasteiger partial charge is 0.123 e. The number of hydrogen-bond donors (Lipinski definition) is 3. The minimum Gasteiger partial charge on any atom is -0.496 e. The van der Waals surface area contributed by atoms with E-state index in [0.29, 0.717) is 12.6 Å². The van der Waals surface area contributed by atoms with E-state index < -0.39 is 0 Å². The Hall–Kier alpha value is -2.08.